The fourth-order valence-corrected chi connectivity index (χ4v) is 4.43. The smallest absolute Gasteiger partial charge is 0.235 e. The summed E-state index contributed by atoms with van der Waals surface area (Å²) in [5.41, 5.74) is 1.76. The lowest BCUT2D eigenvalue weighted by Gasteiger charge is -2.46. The number of aromatic nitrogens is 3. The molecule has 172 valence electrons. The van der Waals surface area contributed by atoms with E-state index in [9.17, 15) is 9.59 Å². The number of benzene rings is 2. The molecule has 0 bridgehead atoms. The second-order valence-electron chi connectivity index (χ2n) is 8.62. The van der Waals surface area contributed by atoms with Gasteiger partial charge in [0.2, 0.25) is 5.91 Å². The van der Waals surface area contributed by atoms with E-state index in [1.54, 1.807) is 17.1 Å². The first kappa shape index (κ1) is 22.0. The number of aryl methyl sites for hydroxylation is 1. The zero-order valence-corrected chi connectivity index (χ0v) is 18.8. The zero-order chi connectivity index (χ0) is 23.4. The highest BCUT2D eigenvalue weighted by molar-refractivity contribution is 6.03. The predicted molar refractivity (Wildman–Crippen MR) is 128 cm³/mol. The summed E-state index contributed by atoms with van der Waals surface area (Å²) in [4.78, 5) is 27.0. The van der Waals surface area contributed by atoms with Gasteiger partial charge in [0.15, 0.2) is 11.5 Å². The largest absolute Gasteiger partial charge is 0.347 e. The van der Waals surface area contributed by atoms with Crippen molar-refractivity contribution in [3.63, 3.8) is 0 Å². The van der Waals surface area contributed by atoms with Gasteiger partial charge in [0.1, 0.15) is 0 Å². The quantitative estimate of drug-likeness (QED) is 0.544. The fourth-order valence-electron chi connectivity index (χ4n) is 4.43. The van der Waals surface area contributed by atoms with Crippen molar-refractivity contribution in [1.29, 1.82) is 0 Å². The lowest BCUT2D eigenvalue weighted by Crippen LogP contribution is -2.59. The monoisotopic (exact) mass is 454 g/mol. The number of carbonyl (C=O) groups excluding carboxylic acids is 2. The molecule has 7 heteroatoms. The lowest BCUT2D eigenvalue weighted by atomic mass is 9.93. The molecule has 1 amide bonds. The Morgan fingerprint density at radius 2 is 1.68 bits per heavy atom. The van der Waals surface area contributed by atoms with Crippen LogP contribution in [0, 0.1) is 5.92 Å². The summed E-state index contributed by atoms with van der Waals surface area (Å²) >= 11 is 0. The summed E-state index contributed by atoms with van der Waals surface area (Å²) in [6, 6.07) is 19.6. The Balaban J connectivity index is 1.24. The van der Waals surface area contributed by atoms with Crippen molar-refractivity contribution in [2.75, 3.05) is 11.5 Å². The van der Waals surface area contributed by atoms with Gasteiger partial charge in [0.05, 0.1) is 24.8 Å². The van der Waals surface area contributed by atoms with Crippen LogP contribution < -0.4 is 4.90 Å². The van der Waals surface area contributed by atoms with Crippen LogP contribution in [-0.4, -0.2) is 39.0 Å². The first-order valence-electron chi connectivity index (χ1n) is 11.5. The molecule has 34 heavy (non-hydrogen) atoms. The van der Waals surface area contributed by atoms with E-state index in [0.29, 0.717) is 19.6 Å². The second kappa shape index (κ2) is 9.57. The molecule has 1 saturated heterocycles. The van der Waals surface area contributed by atoms with E-state index in [0.717, 1.165) is 24.2 Å². The normalized spacial score (nSPS) is 19.2. The van der Waals surface area contributed by atoms with Crippen LogP contribution in [0.2, 0.25) is 0 Å². The van der Waals surface area contributed by atoms with E-state index in [2.05, 4.69) is 22.4 Å². The first-order chi connectivity index (χ1) is 16.6. The lowest BCUT2D eigenvalue weighted by molar-refractivity contribution is -0.138. The highest BCUT2D eigenvalue weighted by atomic mass is 16.5. The Morgan fingerprint density at radius 3 is 2.41 bits per heavy atom. The van der Waals surface area contributed by atoms with Gasteiger partial charge in [-0.15, -0.1) is 5.10 Å². The number of hydrogen-bond acceptors (Lipinski definition) is 5. The van der Waals surface area contributed by atoms with Crippen LogP contribution in [0.25, 0.3) is 0 Å². The average Bonchev–Trinajstić information content (AvgIpc) is 3.31. The van der Waals surface area contributed by atoms with Crippen LogP contribution in [0.3, 0.4) is 0 Å². The topological polar surface area (TPSA) is 77.3 Å². The Morgan fingerprint density at radius 1 is 0.971 bits per heavy atom. The van der Waals surface area contributed by atoms with Gasteiger partial charge in [-0.1, -0.05) is 53.7 Å². The predicted octanol–water partition coefficient (Wildman–Crippen LogP) is 3.72. The minimum atomic E-state index is -1.07. The molecule has 0 N–H and O–H groups in total. The molecule has 0 saturated carbocycles. The highest BCUT2D eigenvalue weighted by Gasteiger charge is 2.46. The minimum absolute atomic E-state index is 0.00571. The standard InChI is InChI=1S/C27H26N4O3/c32-25-14-16-27(17-15-25)31(24-12-5-2-6-13-24)26(33)22(20-34-27)10-7-11-23-19-30(29-28-23)18-21-8-3-1-4-9-21/h1-6,8-9,12-17,19,22H,7,10-11,18,20H2. The molecule has 1 fully saturated rings. The minimum Gasteiger partial charge on any atom is -0.347 e. The average molecular weight is 455 g/mol. The number of para-hydroxylation sites is 1. The van der Waals surface area contributed by atoms with Crippen molar-refractivity contribution in [2.45, 2.75) is 31.5 Å². The third-order valence-corrected chi connectivity index (χ3v) is 6.18. The molecule has 1 aromatic heterocycles. The van der Waals surface area contributed by atoms with E-state index in [1.165, 1.54) is 17.7 Å². The number of hydrogen-bond donors (Lipinski definition) is 0. The first-order valence-corrected chi connectivity index (χ1v) is 11.5. The molecule has 5 rings (SSSR count). The molecule has 7 nitrogen and oxygen atoms in total. The van der Waals surface area contributed by atoms with Crippen LogP contribution >= 0.6 is 0 Å². The van der Waals surface area contributed by atoms with Gasteiger partial charge in [-0.05, 0) is 61.3 Å². The van der Waals surface area contributed by atoms with Crippen molar-refractivity contribution >= 4 is 17.4 Å². The molecule has 3 aromatic rings. The molecule has 1 atom stereocenters. The molecule has 1 unspecified atom stereocenters. The van der Waals surface area contributed by atoms with E-state index in [-0.39, 0.29) is 17.6 Å². The molecular formula is C27H26N4O3. The van der Waals surface area contributed by atoms with Crippen molar-refractivity contribution in [3.8, 4) is 0 Å². The second-order valence-corrected chi connectivity index (χ2v) is 8.62. The van der Waals surface area contributed by atoms with Gasteiger partial charge < -0.3 is 4.74 Å². The number of ketones is 1. The Labute approximate surface area is 198 Å². The maximum absolute atomic E-state index is 13.6. The third-order valence-electron chi connectivity index (χ3n) is 6.18. The summed E-state index contributed by atoms with van der Waals surface area (Å²) in [6.07, 6.45) is 10.4. The van der Waals surface area contributed by atoms with E-state index < -0.39 is 5.72 Å². The van der Waals surface area contributed by atoms with Gasteiger partial charge in [0, 0.05) is 11.9 Å². The number of allylic oxidation sites excluding steroid dienone is 2. The molecule has 2 heterocycles. The van der Waals surface area contributed by atoms with Crippen molar-refractivity contribution in [2.24, 2.45) is 5.92 Å². The molecule has 1 spiro atoms. The van der Waals surface area contributed by atoms with Crippen molar-refractivity contribution in [1.82, 2.24) is 15.0 Å². The van der Waals surface area contributed by atoms with Gasteiger partial charge in [-0.3, -0.25) is 14.5 Å². The van der Waals surface area contributed by atoms with Crippen molar-refractivity contribution < 1.29 is 14.3 Å². The van der Waals surface area contributed by atoms with Crippen LogP contribution in [0.5, 0.6) is 0 Å². The number of amides is 1. The highest BCUT2D eigenvalue weighted by Crippen LogP contribution is 2.36. The van der Waals surface area contributed by atoms with Gasteiger partial charge in [-0.2, -0.15) is 0 Å². The van der Waals surface area contributed by atoms with Gasteiger partial charge in [0.25, 0.3) is 0 Å². The van der Waals surface area contributed by atoms with E-state index >= 15 is 0 Å². The number of nitrogens with zero attached hydrogens (tertiary/aromatic N) is 4. The van der Waals surface area contributed by atoms with Crippen molar-refractivity contribution in [3.05, 3.63) is 102 Å². The molecule has 1 aliphatic heterocycles. The summed E-state index contributed by atoms with van der Waals surface area (Å²) in [7, 11) is 0. The Hall–Kier alpha value is -3.84. The van der Waals surface area contributed by atoms with Crippen LogP contribution in [0.4, 0.5) is 5.69 Å². The summed E-state index contributed by atoms with van der Waals surface area (Å²) in [6.45, 7) is 0.978. The number of ether oxygens (including phenoxy) is 1. The molecule has 2 aliphatic rings. The number of carbonyl (C=O) groups is 2. The SMILES string of the molecule is O=C1C=CC2(C=C1)OCC(CCCc1cn(Cc3ccccc3)nn1)C(=O)N2c1ccccc1. The molecule has 0 radical (unpaired) electrons. The van der Waals surface area contributed by atoms with E-state index in [1.807, 2.05) is 59.4 Å². The summed E-state index contributed by atoms with van der Waals surface area (Å²) in [5, 5.41) is 8.52. The number of rotatable bonds is 7. The Kier molecular flexibility index (Phi) is 6.18. The summed E-state index contributed by atoms with van der Waals surface area (Å²) in [5.74, 6) is -0.393. The van der Waals surface area contributed by atoms with Crippen LogP contribution in [-0.2, 0) is 27.3 Å². The fraction of sp³-hybridized carbons (Fsp3) is 0.259. The maximum Gasteiger partial charge on any atom is 0.235 e. The molecular weight excluding hydrogens is 428 g/mol. The third kappa shape index (κ3) is 4.61. The number of anilines is 1. The van der Waals surface area contributed by atoms with Gasteiger partial charge in [-0.25, -0.2) is 4.68 Å². The zero-order valence-electron chi connectivity index (χ0n) is 18.8. The van der Waals surface area contributed by atoms with Gasteiger partial charge >= 0.3 is 0 Å². The Bertz CT molecular complexity index is 1200. The van der Waals surface area contributed by atoms with Crippen LogP contribution in [0.1, 0.15) is 24.1 Å². The maximum atomic E-state index is 13.6. The van der Waals surface area contributed by atoms with E-state index in [4.69, 9.17) is 4.74 Å². The van der Waals surface area contributed by atoms with Crippen LogP contribution in [0.15, 0.2) is 91.2 Å². The molecule has 1 aliphatic carbocycles. The summed E-state index contributed by atoms with van der Waals surface area (Å²) < 4.78 is 8.06. The molecule has 2 aromatic carbocycles.